The first-order chi connectivity index (χ1) is 9.99. The minimum atomic E-state index is -3.24. The highest BCUT2D eigenvalue weighted by Crippen LogP contribution is 2.17. The summed E-state index contributed by atoms with van der Waals surface area (Å²) in [6, 6.07) is 6.87. The Morgan fingerprint density at radius 1 is 1.24 bits per heavy atom. The highest BCUT2D eigenvalue weighted by atomic mass is 35.5. The van der Waals surface area contributed by atoms with Crippen LogP contribution in [0.15, 0.2) is 29.2 Å². The number of benzene rings is 1. The first-order valence-electron chi connectivity index (χ1n) is 7.38. The minimum absolute atomic E-state index is 0.148. The predicted molar refractivity (Wildman–Crippen MR) is 86.6 cm³/mol. The normalized spacial score (nSPS) is 20.4. The second-order valence-electron chi connectivity index (χ2n) is 5.59. The van der Waals surface area contributed by atoms with E-state index in [1.165, 1.54) is 0 Å². The van der Waals surface area contributed by atoms with Crippen molar-refractivity contribution in [2.24, 2.45) is 0 Å². The fourth-order valence-electron chi connectivity index (χ4n) is 2.65. The maximum absolute atomic E-state index is 12.3. The first kappa shape index (κ1) is 16.7. The molecule has 2 rings (SSSR count). The van der Waals surface area contributed by atoms with Crippen molar-refractivity contribution in [1.82, 2.24) is 10.2 Å². The van der Waals surface area contributed by atoms with Crippen molar-refractivity contribution in [2.75, 3.05) is 32.4 Å². The number of nitrogens with zero attached hydrogens (tertiary/aromatic N) is 1. The minimum Gasteiger partial charge on any atom is -0.317 e. The van der Waals surface area contributed by atoms with Crippen LogP contribution >= 0.6 is 11.6 Å². The van der Waals surface area contributed by atoms with Crippen LogP contribution < -0.4 is 5.32 Å². The topological polar surface area (TPSA) is 49.4 Å². The lowest BCUT2D eigenvalue weighted by Crippen LogP contribution is -2.36. The van der Waals surface area contributed by atoms with Gasteiger partial charge in [-0.1, -0.05) is 11.6 Å². The average Bonchev–Trinajstić information content (AvgIpc) is 2.74. The van der Waals surface area contributed by atoms with E-state index in [-0.39, 0.29) is 5.75 Å². The monoisotopic (exact) mass is 330 g/mol. The van der Waals surface area contributed by atoms with Crippen LogP contribution in [-0.2, 0) is 9.84 Å². The van der Waals surface area contributed by atoms with Gasteiger partial charge in [-0.15, -0.1) is 0 Å². The molecular weight excluding hydrogens is 308 g/mol. The molecule has 1 aromatic carbocycles. The molecule has 118 valence electrons. The van der Waals surface area contributed by atoms with E-state index < -0.39 is 9.84 Å². The molecule has 1 N–H and O–H groups in total. The van der Waals surface area contributed by atoms with E-state index in [0.29, 0.717) is 22.5 Å². The number of rotatable bonds is 5. The van der Waals surface area contributed by atoms with Gasteiger partial charge in [0.25, 0.3) is 0 Å². The quantitative estimate of drug-likeness (QED) is 0.899. The summed E-state index contributed by atoms with van der Waals surface area (Å²) in [6.07, 6.45) is 3.36. The molecule has 1 heterocycles. The number of hydrogen-bond donors (Lipinski definition) is 1. The first-order valence-corrected chi connectivity index (χ1v) is 9.41. The molecule has 21 heavy (non-hydrogen) atoms. The van der Waals surface area contributed by atoms with E-state index >= 15 is 0 Å². The lowest BCUT2D eigenvalue weighted by Gasteiger charge is -2.26. The summed E-state index contributed by atoms with van der Waals surface area (Å²) in [5.74, 6) is 0.148. The van der Waals surface area contributed by atoms with Crippen LogP contribution in [0.4, 0.5) is 0 Å². The number of halogens is 1. The second-order valence-corrected chi connectivity index (χ2v) is 8.13. The molecule has 0 spiro atoms. The van der Waals surface area contributed by atoms with Crippen LogP contribution in [0.25, 0.3) is 0 Å². The zero-order chi connectivity index (χ0) is 15.3. The predicted octanol–water partition coefficient (Wildman–Crippen LogP) is 2.19. The third-order valence-electron chi connectivity index (χ3n) is 4.05. The van der Waals surface area contributed by atoms with E-state index in [1.807, 2.05) is 7.05 Å². The summed E-state index contributed by atoms with van der Waals surface area (Å²) < 4.78 is 24.6. The molecular formula is C15H23ClN2O2S. The zero-order valence-electron chi connectivity index (χ0n) is 12.4. The maximum Gasteiger partial charge on any atom is 0.179 e. The molecule has 1 unspecified atom stereocenters. The third kappa shape index (κ3) is 4.95. The molecule has 1 saturated heterocycles. The highest BCUT2D eigenvalue weighted by Gasteiger charge is 2.20. The molecule has 1 aliphatic heterocycles. The van der Waals surface area contributed by atoms with Crippen molar-refractivity contribution in [3.05, 3.63) is 29.3 Å². The van der Waals surface area contributed by atoms with Crippen LogP contribution in [0.2, 0.25) is 5.02 Å². The van der Waals surface area contributed by atoms with Gasteiger partial charge in [-0.05, 0) is 63.7 Å². The Hall–Kier alpha value is -0.620. The van der Waals surface area contributed by atoms with E-state index in [2.05, 4.69) is 10.2 Å². The molecule has 0 aromatic heterocycles. The van der Waals surface area contributed by atoms with Gasteiger partial charge >= 0.3 is 0 Å². The number of hydrogen-bond acceptors (Lipinski definition) is 4. The van der Waals surface area contributed by atoms with Crippen LogP contribution in [0, 0.1) is 0 Å². The lowest BCUT2D eigenvalue weighted by molar-refractivity contribution is 0.236. The Morgan fingerprint density at radius 2 is 1.95 bits per heavy atom. The van der Waals surface area contributed by atoms with Gasteiger partial charge in [0.15, 0.2) is 9.84 Å². The van der Waals surface area contributed by atoms with Crippen LogP contribution in [0.1, 0.15) is 19.3 Å². The summed E-state index contributed by atoms with van der Waals surface area (Å²) in [5, 5.41) is 3.93. The van der Waals surface area contributed by atoms with Crippen molar-refractivity contribution in [3.63, 3.8) is 0 Å². The fraction of sp³-hybridized carbons (Fsp3) is 0.600. The highest BCUT2D eigenvalue weighted by molar-refractivity contribution is 7.91. The summed E-state index contributed by atoms with van der Waals surface area (Å²) >= 11 is 5.80. The largest absolute Gasteiger partial charge is 0.317 e. The lowest BCUT2D eigenvalue weighted by atomic mass is 10.1. The Bertz CT molecular complexity index is 537. The van der Waals surface area contributed by atoms with Crippen molar-refractivity contribution < 1.29 is 8.42 Å². The van der Waals surface area contributed by atoms with Gasteiger partial charge in [-0.2, -0.15) is 0 Å². The zero-order valence-corrected chi connectivity index (χ0v) is 14.0. The molecule has 0 aliphatic carbocycles. The molecule has 1 atom stereocenters. The molecule has 0 bridgehead atoms. The van der Waals surface area contributed by atoms with Crippen LogP contribution in [0.3, 0.4) is 0 Å². The Balaban J connectivity index is 1.92. The van der Waals surface area contributed by atoms with Crippen molar-refractivity contribution in [1.29, 1.82) is 0 Å². The number of sulfone groups is 1. The third-order valence-corrected chi connectivity index (χ3v) is 6.02. The van der Waals surface area contributed by atoms with Gasteiger partial charge in [0.1, 0.15) is 0 Å². The Labute approximate surface area is 132 Å². The van der Waals surface area contributed by atoms with Crippen LogP contribution in [-0.4, -0.2) is 51.8 Å². The molecule has 0 amide bonds. The van der Waals surface area contributed by atoms with Gasteiger partial charge in [0.05, 0.1) is 10.6 Å². The van der Waals surface area contributed by atoms with Crippen molar-refractivity contribution in [2.45, 2.75) is 30.2 Å². The molecule has 1 fully saturated rings. The van der Waals surface area contributed by atoms with Gasteiger partial charge in [-0.3, -0.25) is 0 Å². The Morgan fingerprint density at radius 3 is 2.67 bits per heavy atom. The SMILES string of the molecule is CN(CCS(=O)(=O)c1ccc(Cl)cc1)C1CCCNCC1. The van der Waals surface area contributed by atoms with Gasteiger partial charge < -0.3 is 10.2 Å². The summed E-state index contributed by atoms with van der Waals surface area (Å²) in [5.41, 5.74) is 0. The summed E-state index contributed by atoms with van der Waals surface area (Å²) in [6.45, 7) is 2.64. The number of nitrogens with one attached hydrogen (secondary N) is 1. The standard InChI is InChI=1S/C15H23ClN2O2S/c1-18(14-3-2-9-17-10-8-14)11-12-21(19,20)15-6-4-13(16)5-7-15/h4-7,14,17H,2-3,8-12H2,1H3. The molecule has 4 nitrogen and oxygen atoms in total. The fourth-order valence-corrected chi connectivity index (χ4v) is 4.09. The van der Waals surface area contributed by atoms with E-state index in [1.54, 1.807) is 24.3 Å². The summed E-state index contributed by atoms with van der Waals surface area (Å²) in [4.78, 5) is 2.53. The van der Waals surface area contributed by atoms with Crippen molar-refractivity contribution in [3.8, 4) is 0 Å². The van der Waals surface area contributed by atoms with Crippen LogP contribution in [0.5, 0.6) is 0 Å². The second kappa shape index (κ2) is 7.58. The molecule has 1 aromatic rings. The Kier molecular flexibility index (Phi) is 6.05. The van der Waals surface area contributed by atoms with Gasteiger partial charge in [-0.25, -0.2) is 8.42 Å². The molecule has 0 radical (unpaired) electrons. The smallest absolute Gasteiger partial charge is 0.179 e. The van der Waals surface area contributed by atoms with Crippen molar-refractivity contribution >= 4 is 21.4 Å². The van der Waals surface area contributed by atoms with Gasteiger partial charge in [0, 0.05) is 17.6 Å². The van der Waals surface area contributed by atoms with E-state index in [0.717, 1.165) is 32.4 Å². The summed E-state index contributed by atoms with van der Waals surface area (Å²) in [7, 11) is -1.21. The van der Waals surface area contributed by atoms with E-state index in [9.17, 15) is 8.42 Å². The molecule has 0 saturated carbocycles. The van der Waals surface area contributed by atoms with E-state index in [4.69, 9.17) is 11.6 Å². The average molecular weight is 331 g/mol. The molecule has 6 heteroatoms. The van der Waals surface area contributed by atoms with Gasteiger partial charge in [0.2, 0.25) is 0 Å². The molecule has 1 aliphatic rings. The maximum atomic E-state index is 12.3.